The highest BCUT2D eigenvalue weighted by Gasteiger charge is 2.04. The summed E-state index contributed by atoms with van der Waals surface area (Å²) in [5.41, 5.74) is 5.52. The summed E-state index contributed by atoms with van der Waals surface area (Å²) in [5.74, 6) is 0.845. The molecule has 0 saturated carbocycles. The number of nitrogen functional groups attached to an aromatic ring is 1. The van der Waals surface area contributed by atoms with Crippen LogP contribution in [0.1, 0.15) is 19.3 Å². The number of rotatable bonds is 6. The monoisotopic (exact) mass is 230 g/mol. The fourth-order valence-electron chi connectivity index (χ4n) is 1.13. The van der Waals surface area contributed by atoms with Gasteiger partial charge in [0.2, 0.25) is 0 Å². The molecule has 0 aromatic carbocycles. The Morgan fingerprint density at radius 1 is 1.33 bits per heavy atom. The minimum absolute atomic E-state index is 0.237. The molecule has 6 heteroatoms. The first-order valence-electron chi connectivity index (χ1n) is 4.86. The Kier molecular flexibility index (Phi) is 5.14. The maximum absolute atomic E-state index is 8.58. The van der Waals surface area contributed by atoms with Crippen molar-refractivity contribution in [2.24, 2.45) is 0 Å². The maximum Gasteiger partial charge on any atom is 0.150 e. The summed E-state index contributed by atoms with van der Waals surface area (Å²) >= 11 is 5.88. The van der Waals surface area contributed by atoms with Gasteiger partial charge in [-0.1, -0.05) is 11.6 Å². The van der Waals surface area contributed by atoms with Crippen LogP contribution in [0.5, 0.6) is 0 Å². The summed E-state index contributed by atoms with van der Waals surface area (Å²) < 4.78 is 0. The van der Waals surface area contributed by atoms with E-state index < -0.39 is 0 Å². The number of aliphatic hydroxyl groups excluding tert-OH is 1. The van der Waals surface area contributed by atoms with E-state index in [1.165, 1.54) is 6.33 Å². The normalized spacial score (nSPS) is 10.3. The third-order valence-corrected chi connectivity index (χ3v) is 2.32. The molecule has 0 saturated heterocycles. The van der Waals surface area contributed by atoms with Crippen molar-refractivity contribution < 1.29 is 5.11 Å². The third-order valence-electron chi connectivity index (χ3n) is 1.94. The first kappa shape index (κ1) is 12.0. The van der Waals surface area contributed by atoms with Gasteiger partial charge in [-0.05, 0) is 19.3 Å². The Morgan fingerprint density at radius 3 is 2.87 bits per heavy atom. The molecule has 4 N–H and O–H groups in total. The molecule has 1 aromatic rings. The highest BCUT2D eigenvalue weighted by molar-refractivity contribution is 6.35. The predicted octanol–water partition coefficient (Wildman–Crippen LogP) is 1.29. The largest absolute Gasteiger partial charge is 0.396 e. The van der Waals surface area contributed by atoms with Gasteiger partial charge in [-0.15, -0.1) is 0 Å². The molecule has 0 spiro atoms. The minimum Gasteiger partial charge on any atom is -0.396 e. The Labute approximate surface area is 93.7 Å². The van der Waals surface area contributed by atoms with Gasteiger partial charge < -0.3 is 16.2 Å². The van der Waals surface area contributed by atoms with Crippen LogP contribution < -0.4 is 11.1 Å². The van der Waals surface area contributed by atoms with Crippen LogP contribution in [0.25, 0.3) is 0 Å². The van der Waals surface area contributed by atoms with Gasteiger partial charge in [0, 0.05) is 13.2 Å². The molecule has 0 radical (unpaired) electrons. The molecular formula is C9H15ClN4O. The van der Waals surface area contributed by atoms with Crippen molar-refractivity contribution in [2.45, 2.75) is 19.3 Å². The van der Waals surface area contributed by atoms with Gasteiger partial charge in [0.25, 0.3) is 0 Å². The van der Waals surface area contributed by atoms with E-state index in [2.05, 4.69) is 15.3 Å². The van der Waals surface area contributed by atoms with Crippen LogP contribution in [0.2, 0.25) is 5.02 Å². The van der Waals surface area contributed by atoms with Crippen LogP contribution in [-0.2, 0) is 0 Å². The van der Waals surface area contributed by atoms with Crippen molar-refractivity contribution in [1.29, 1.82) is 0 Å². The number of unbranched alkanes of at least 4 members (excludes halogenated alkanes) is 2. The van der Waals surface area contributed by atoms with Gasteiger partial charge in [0.15, 0.2) is 0 Å². The second-order valence-corrected chi connectivity index (χ2v) is 3.51. The van der Waals surface area contributed by atoms with Crippen LogP contribution >= 0.6 is 11.6 Å². The Bertz CT molecular complexity index is 308. The zero-order chi connectivity index (χ0) is 11.1. The Morgan fingerprint density at radius 2 is 2.13 bits per heavy atom. The van der Waals surface area contributed by atoms with Crippen molar-refractivity contribution in [3.05, 3.63) is 11.3 Å². The predicted molar refractivity (Wildman–Crippen MR) is 60.9 cm³/mol. The molecule has 0 bridgehead atoms. The van der Waals surface area contributed by atoms with Crippen LogP contribution in [0.4, 0.5) is 11.6 Å². The number of nitrogens with one attached hydrogen (secondary N) is 1. The summed E-state index contributed by atoms with van der Waals surface area (Å²) in [5, 5.41) is 12.0. The maximum atomic E-state index is 8.58. The highest BCUT2D eigenvalue weighted by Crippen LogP contribution is 2.22. The molecule has 1 aromatic heterocycles. The molecular weight excluding hydrogens is 216 g/mol. The minimum atomic E-state index is 0.237. The lowest BCUT2D eigenvalue weighted by Gasteiger charge is -2.07. The molecule has 1 heterocycles. The first-order valence-corrected chi connectivity index (χ1v) is 5.24. The molecule has 1 rings (SSSR count). The van der Waals surface area contributed by atoms with Crippen molar-refractivity contribution in [3.8, 4) is 0 Å². The first-order chi connectivity index (χ1) is 7.25. The molecule has 84 valence electrons. The van der Waals surface area contributed by atoms with Crippen molar-refractivity contribution in [3.63, 3.8) is 0 Å². The summed E-state index contributed by atoms with van der Waals surface area (Å²) in [4.78, 5) is 7.73. The SMILES string of the molecule is Nc1ncnc(NCCCCCO)c1Cl. The van der Waals surface area contributed by atoms with Gasteiger partial charge in [-0.2, -0.15) is 0 Å². The number of nitrogens with zero attached hydrogens (tertiary/aromatic N) is 2. The average molecular weight is 231 g/mol. The van der Waals surface area contributed by atoms with Gasteiger partial charge in [0.05, 0.1) is 0 Å². The molecule has 5 nitrogen and oxygen atoms in total. The number of hydrogen-bond acceptors (Lipinski definition) is 5. The fraction of sp³-hybridized carbons (Fsp3) is 0.556. The van der Waals surface area contributed by atoms with Crippen LogP contribution in [0.3, 0.4) is 0 Å². The molecule has 0 unspecified atom stereocenters. The molecule has 0 amide bonds. The summed E-state index contributed by atoms with van der Waals surface area (Å²) in [6.45, 7) is 0.997. The van der Waals surface area contributed by atoms with E-state index in [1.807, 2.05) is 0 Å². The number of hydrogen-bond donors (Lipinski definition) is 3. The lowest BCUT2D eigenvalue weighted by molar-refractivity contribution is 0.283. The second-order valence-electron chi connectivity index (χ2n) is 3.13. The molecule has 0 fully saturated rings. The van der Waals surface area contributed by atoms with Gasteiger partial charge >= 0.3 is 0 Å². The van der Waals surface area contributed by atoms with E-state index in [0.29, 0.717) is 10.8 Å². The van der Waals surface area contributed by atoms with E-state index in [4.69, 9.17) is 22.4 Å². The van der Waals surface area contributed by atoms with E-state index >= 15 is 0 Å². The van der Waals surface area contributed by atoms with E-state index in [0.717, 1.165) is 25.8 Å². The number of aromatic nitrogens is 2. The number of aliphatic hydroxyl groups is 1. The molecule has 0 atom stereocenters. The van der Waals surface area contributed by atoms with Crippen LogP contribution in [-0.4, -0.2) is 28.2 Å². The van der Waals surface area contributed by atoms with Crippen LogP contribution in [0, 0.1) is 0 Å². The average Bonchev–Trinajstić information content (AvgIpc) is 2.24. The molecule has 0 aliphatic carbocycles. The van der Waals surface area contributed by atoms with E-state index in [9.17, 15) is 0 Å². The van der Waals surface area contributed by atoms with Gasteiger partial charge in [-0.25, -0.2) is 9.97 Å². The molecule has 0 aliphatic rings. The van der Waals surface area contributed by atoms with Crippen LogP contribution in [0.15, 0.2) is 6.33 Å². The van der Waals surface area contributed by atoms with E-state index in [-0.39, 0.29) is 12.4 Å². The summed E-state index contributed by atoms with van der Waals surface area (Å²) in [6, 6.07) is 0. The number of anilines is 2. The van der Waals surface area contributed by atoms with E-state index in [1.54, 1.807) is 0 Å². The lowest BCUT2D eigenvalue weighted by atomic mass is 10.2. The quantitative estimate of drug-likeness (QED) is 0.642. The Balaban J connectivity index is 2.34. The number of halogens is 1. The molecule has 0 aliphatic heterocycles. The van der Waals surface area contributed by atoms with Crippen molar-refractivity contribution in [2.75, 3.05) is 24.2 Å². The summed E-state index contributed by atoms with van der Waals surface area (Å²) in [6.07, 6.45) is 4.13. The fourth-order valence-corrected chi connectivity index (χ4v) is 1.29. The standard InChI is InChI=1S/C9H15ClN4O/c10-7-8(11)13-6-14-9(7)12-4-2-1-3-5-15/h6,15H,1-5H2,(H3,11,12,13,14). The Hall–Kier alpha value is -1.07. The van der Waals surface area contributed by atoms with Crippen molar-refractivity contribution >= 4 is 23.2 Å². The zero-order valence-corrected chi connectivity index (χ0v) is 9.17. The zero-order valence-electron chi connectivity index (χ0n) is 8.41. The topological polar surface area (TPSA) is 84.1 Å². The molecule has 15 heavy (non-hydrogen) atoms. The second kappa shape index (κ2) is 6.42. The smallest absolute Gasteiger partial charge is 0.150 e. The van der Waals surface area contributed by atoms with Gasteiger partial charge in [-0.3, -0.25) is 0 Å². The van der Waals surface area contributed by atoms with Gasteiger partial charge in [0.1, 0.15) is 23.0 Å². The highest BCUT2D eigenvalue weighted by atomic mass is 35.5. The van der Waals surface area contributed by atoms with Crippen molar-refractivity contribution in [1.82, 2.24) is 9.97 Å². The lowest BCUT2D eigenvalue weighted by Crippen LogP contribution is -2.06. The number of nitrogens with two attached hydrogens (primary N) is 1. The summed E-state index contributed by atoms with van der Waals surface area (Å²) in [7, 11) is 0. The third kappa shape index (κ3) is 3.89.